The van der Waals surface area contributed by atoms with Gasteiger partial charge in [-0.2, -0.15) is 0 Å². The zero-order valence-corrected chi connectivity index (χ0v) is 14.3. The molecule has 1 aliphatic heterocycles. The lowest BCUT2D eigenvalue weighted by atomic mass is 10.3. The quantitative estimate of drug-likeness (QED) is 0.788. The number of hydrogen-bond donors (Lipinski definition) is 1. The minimum atomic E-state index is -0.290. The van der Waals surface area contributed by atoms with Gasteiger partial charge in [0.1, 0.15) is 5.69 Å². The maximum atomic E-state index is 12.1. The Labute approximate surface area is 142 Å². The molecule has 1 aliphatic rings. The van der Waals surface area contributed by atoms with Gasteiger partial charge in [-0.05, 0) is 19.4 Å². The van der Waals surface area contributed by atoms with Crippen molar-refractivity contribution < 1.29 is 14.3 Å². The molecule has 0 unspecified atom stereocenters. The Morgan fingerprint density at radius 1 is 1.25 bits per heavy atom. The highest BCUT2D eigenvalue weighted by Gasteiger charge is 2.23. The molecule has 0 aliphatic carbocycles. The summed E-state index contributed by atoms with van der Waals surface area (Å²) >= 11 is 0. The molecule has 2 heterocycles. The molecule has 1 aromatic rings. The van der Waals surface area contributed by atoms with Crippen molar-refractivity contribution in [2.24, 2.45) is 0 Å². The molecule has 1 saturated heterocycles. The lowest BCUT2D eigenvalue weighted by molar-refractivity contribution is 0.0948. The third-order valence-corrected chi connectivity index (χ3v) is 3.78. The summed E-state index contributed by atoms with van der Waals surface area (Å²) in [6.07, 6.45) is 3.27. The first-order chi connectivity index (χ1) is 11.7. The van der Waals surface area contributed by atoms with Crippen LogP contribution in [0.4, 0.5) is 10.7 Å². The van der Waals surface area contributed by atoms with Gasteiger partial charge in [-0.1, -0.05) is 13.3 Å². The summed E-state index contributed by atoms with van der Waals surface area (Å²) in [5.74, 6) is 0.332. The van der Waals surface area contributed by atoms with Crippen LogP contribution >= 0.6 is 0 Å². The van der Waals surface area contributed by atoms with Crippen molar-refractivity contribution in [1.82, 2.24) is 20.2 Å². The van der Waals surface area contributed by atoms with Gasteiger partial charge in [0.2, 0.25) is 5.95 Å². The fourth-order valence-corrected chi connectivity index (χ4v) is 2.40. The van der Waals surface area contributed by atoms with Gasteiger partial charge in [0.25, 0.3) is 5.91 Å². The number of aromatic nitrogens is 2. The molecule has 0 aromatic carbocycles. The molecule has 8 nitrogen and oxygen atoms in total. The lowest BCUT2D eigenvalue weighted by Crippen LogP contribution is -2.49. The van der Waals surface area contributed by atoms with Gasteiger partial charge in [0, 0.05) is 38.9 Å². The molecule has 24 heavy (non-hydrogen) atoms. The van der Waals surface area contributed by atoms with E-state index in [1.165, 1.54) is 0 Å². The van der Waals surface area contributed by atoms with Crippen molar-refractivity contribution >= 4 is 17.9 Å². The molecular weight excluding hydrogens is 310 g/mol. The first kappa shape index (κ1) is 18.0. The molecule has 0 spiro atoms. The fraction of sp³-hybridized carbons (Fsp3) is 0.625. The maximum Gasteiger partial charge on any atom is 0.409 e. The normalized spacial score (nSPS) is 14.4. The van der Waals surface area contributed by atoms with E-state index in [0.717, 1.165) is 12.8 Å². The highest BCUT2D eigenvalue weighted by Crippen LogP contribution is 2.12. The summed E-state index contributed by atoms with van der Waals surface area (Å²) in [4.78, 5) is 36.0. The first-order valence-corrected chi connectivity index (χ1v) is 8.43. The lowest BCUT2D eigenvalue weighted by Gasteiger charge is -2.34. The summed E-state index contributed by atoms with van der Waals surface area (Å²) in [5.41, 5.74) is 0.365. The van der Waals surface area contributed by atoms with E-state index in [1.54, 1.807) is 24.1 Å². The number of rotatable bonds is 6. The van der Waals surface area contributed by atoms with Gasteiger partial charge >= 0.3 is 6.09 Å². The van der Waals surface area contributed by atoms with Crippen LogP contribution in [0.5, 0.6) is 0 Å². The summed E-state index contributed by atoms with van der Waals surface area (Å²) in [6.45, 7) is 7.21. The van der Waals surface area contributed by atoms with Gasteiger partial charge in [0.15, 0.2) is 0 Å². The van der Waals surface area contributed by atoms with Crippen LogP contribution in [0.2, 0.25) is 0 Å². The topological polar surface area (TPSA) is 87.7 Å². The number of hydrogen-bond acceptors (Lipinski definition) is 6. The number of ether oxygens (including phenoxy) is 1. The second-order valence-electron chi connectivity index (χ2n) is 5.52. The molecule has 1 N–H and O–H groups in total. The Hall–Kier alpha value is -2.38. The smallest absolute Gasteiger partial charge is 0.409 e. The third kappa shape index (κ3) is 4.81. The van der Waals surface area contributed by atoms with Crippen LogP contribution in [0.15, 0.2) is 12.3 Å². The van der Waals surface area contributed by atoms with Crippen LogP contribution in [-0.2, 0) is 4.74 Å². The molecule has 2 rings (SSSR count). The minimum absolute atomic E-state index is 0.183. The minimum Gasteiger partial charge on any atom is -0.450 e. The van der Waals surface area contributed by atoms with Crippen molar-refractivity contribution in [2.45, 2.75) is 26.7 Å². The highest BCUT2D eigenvalue weighted by molar-refractivity contribution is 5.92. The van der Waals surface area contributed by atoms with E-state index in [-0.39, 0.29) is 12.0 Å². The summed E-state index contributed by atoms with van der Waals surface area (Å²) in [5, 5.41) is 2.85. The number of unbranched alkanes of at least 4 members (excludes halogenated alkanes) is 1. The van der Waals surface area contributed by atoms with E-state index in [1.807, 2.05) is 4.90 Å². The summed E-state index contributed by atoms with van der Waals surface area (Å²) in [7, 11) is 0. The molecule has 0 saturated carbocycles. The number of carbonyl (C=O) groups is 2. The largest absolute Gasteiger partial charge is 0.450 e. The highest BCUT2D eigenvalue weighted by atomic mass is 16.6. The molecule has 8 heteroatoms. The fourth-order valence-electron chi connectivity index (χ4n) is 2.40. The Kier molecular flexibility index (Phi) is 6.77. The second-order valence-corrected chi connectivity index (χ2v) is 5.52. The average Bonchev–Trinajstić information content (AvgIpc) is 2.62. The number of anilines is 1. The van der Waals surface area contributed by atoms with Crippen LogP contribution < -0.4 is 10.2 Å². The van der Waals surface area contributed by atoms with Gasteiger partial charge in [-0.25, -0.2) is 14.8 Å². The number of piperazine rings is 1. The van der Waals surface area contributed by atoms with Gasteiger partial charge in [-0.15, -0.1) is 0 Å². The Bertz CT molecular complexity index is 558. The van der Waals surface area contributed by atoms with Gasteiger partial charge in [-0.3, -0.25) is 4.79 Å². The molecule has 0 bridgehead atoms. The average molecular weight is 335 g/mol. The van der Waals surface area contributed by atoms with E-state index >= 15 is 0 Å². The number of carbonyl (C=O) groups excluding carboxylic acids is 2. The van der Waals surface area contributed by atoms with Crippen LogP contribution in [-0.4, -0.2) is 66.2 Å². The Balaban J connectivity index is 1.92. The molecule has 132 valence electrons. The van der Waals surface area contributed by atoms with Gasteiger partial charge in [0.05, 0.1) is 6.61 Å². The van der Waals surface area contributed by atoms with Crippen LogP contribution in [0, 0.1) is 0 Å². The Morgan fingerprint density at radius 2 is 2.00 bits per heavy atom. The summed E-state index contributed by atoms with van der Waals surface area (Å²) < 4.78 is 5.00. The monoisotopic (exact) mass is 335 g/mol. The first-order valence-electron chi connectivity index (χ1n) is 8.43. The van der Waals surface area contributed by atoms with E-state index in [2.05, 4.69) is 22.2 Å². The van der Waals surface area contributed by atoms with E-state index in [0.29, 0.717) is 51.0 Å². The molecular formula is C16H25N5O3. The van der Waals surface area contributed by atoms with E-state index in [4.69, 9.17) is 4.74 Å². The van der Waals surface area contributed by atoms with Crippen molar-refractivity contribution in [3.8, 4) is 0 Å². The van der Waals surface area contributed by atoms with Crippen molar-refractivity contribution in [3.05, 3.63) is 18.0 Å². The van der Waals surface area contributed by atoms with Crippen molar-refractivity contribution in [1.29, 1.82) is 0 Å². The molecule has 0 radical (unpaired) electrons. The number of amides is 2. The molecule has 2 amide bonds. The predicted octanol–water partition coefficient (Wildman–Crippen LogP) is 1.28. The molecule has 0 atom stereocenters. The summed E-state index contributed by atoms with van der Waals surface area (Å²) in [6, 6.07) is 1.61. The molecule has 1 aromatic heterocycles. The van der Waals surface area contributed by atoms with Crippen molar-refractivity contribution in [3.63, 3.8) is 0 Å². The number of nitrogens with zero attached hydrogens (tertiary/aromatic N) is 4. The third-order valence-electron chi connectivity index (χ3n) is 3.78. The predicted molar refractivity (Wildman–Crippen MR) is 90.1 cm³/mol. The second kappa shape index (κ2) is 9.05. The Morgan fingerprint density at radius 3 is 2.67 bits per heavy atom. The van der Waals surface area contributed by atoms with Crippen LogP contribution in [0.25, 0.3) is 0 Å². The maximum absolute atomic E-state index is 12.1. The van der Waals surface area contributed by atoms with E-state index < -0.39 is 0 Å². The van der Waals surface area contributed by atoms with E-state index in [9.17, 15) is 9.59 Å². The molecule has 1 fully saturated rings. The SMILES string of the molecule is CCCCNC(=O)c1ccnc(N2CCN(C(=O)OCC)CC2)n1. The van der Waals surface area contributed by atoms with Crippen molar-refractivity contribution in [2.75, 3.05) is 44.2 Å². The zero-order chi connectivity index (χ0) is 17.4. The van der Waals surface area contributed by atoms with Gasteiger partial charge < -0.3 is 19.9 Å². The zero-order valence-electron chi connectivity index (χ0n) is 14.3. The van der Waals surface area contributed by atoms with Crippen LogP contribution in [0.1, 0.15) is 37.2 Å². The van der Waals surface area contributed by atoms with Crippen LogP contribution in [0.3, 0.4) is 0 Å². The number of nitrogens with one attached hydrogen (secondary N) is 1. The standard InChI is InChI=1S/C16H25N5O3/c1-3-5-7-17-14(22)13-6-8-18-15(19-13)20-9-11-21(12-10-20)16(23)24-4-2/h6,8H,3-5,7,9-12H2,1-2H3,(H,17,22).